The van der Waals surface area contributed by atoms with E-state index in [0.717, 1.165) is 17.1 Å². The van der Waals surface area contributed by atoms with Gasteiger partial charge in [0.05, 0.1) is 4.90 Å². The number of carbonyl (C=O) groups excluding carboxylic acids is 2. The fraction of sp³-hybridized carbons (Fsp3) is 0.733. The fourth-order valence-electron chi connectivity index (χ4n) is 4.60. The Balaban J connectivity index is 2.44. The van der Waals surface area contributed by atoms with Gasteiger partial charge in [0, 0.05) is 30.1 Å². The zero-order valence-corrected chi connectivity index (χ0v) is 25.6. The maximum absolute atomic E-state index is 13.3. The van der Waals surface area contributed by atoms with Gasteiger partial charge in [0.1, 0.15) is 0 Å². The third-order valence-corrected chi connectivity index (χ3v) is 9.01. The second-order valence-corrected chi connectivity index (χ2v) is 12.4. The van der Waals surface area contributed by atoms with E-state index in [9.17, 15) is 18.0 Å². The van der Waals surface area contributed by atoms with Crippen LogP contribution in [0.15, 0.2) is 23.1 Å². The number of unbranched alkanes of at least 4 members (excludes halogenated alkanes) is 14. The van der Waals surface area contributed by atoms with Crippen LogP contribution in [0.5, 0.6) is 0 Å². The monoisotopic (exact) mass is 570 g/mol. The van der Waals surface area contributed by atoms with Gasteiger partial charge in [-0.05, 0) is 38.0 Å². The van der Waals surface area contributed by atoms with Crippen LogP contribution in [0.4, 0.5) is 4.79 Å². The number of halogens is 1. The molecule has 6 nitrogen and oxygen atoms in total. The van der Waals surface area contributed by atoms with Crippen molar-refractivity contribution >= 4 is 33.4 Å². The van der Waals surface area contributed by atoms with Gasteiger partial charge in [0.2, 0.25) is 0 Å². The molecule has 1 N–H and O–H groups in total. The molecule has 0 unspecified atom stereocenters. The van der Waals surface area contributed by atoms with Crippen LogP contribution in [0.2, 0.25) is 5.02 Å². The Bertz CT molecular complexity index is 921. The predicted molar refractivity (Wildman–Crippen MR) is 159 cm³/mol. The predicted octanol–water partition coefficient (Wildman–Crippen LogP) is 8.91. The van der Waals surface area contributed by atoms with Crippen LogP contribution in [0, 0.1) is 0 Å². The van der Waals surface area contributed by atoms with E-state index in [1.165, 1.54) is 95.2 Å². The van der Waals surface area contributed by atoms with Crippen LogP contribution in [-0.4, -0.2) is 37.6 Å². The number of ketones is 1. The molecule has 0 bridgehead atoms. The molecular weight excluding hydrogens is 520 g/mol. The number of carbonyl (C=O) groups is 2. The molecule has 1 aromatic carbocycles. The first-order valence-corrected chi connectivity index (χ1v) is 16.7. The van der Waals surface area contributed by atoms with Gasteiger partial charge in [-0.15, -0.1) is 0 Å². The first-order valence-electron chi connectivity index (χ1n) is 14.9. The molecule has 0 heterocycles. The van der Waals surface area contributed by atoms with Crippen molar-refractivity contribution in [3.05, 3.63) is 28.8 Å². The quantitative estimate of drug-likeness (QED) is 0.111. The van der Waals surface area contributed by atoms with Crippen molar-refractivity contribution in [3.8, 4) is 0 Å². The Kier molecular flexibility index (Phi) is 18.4. The molecule has 0 atom stereocenters. The summed E-state index contributed by atoms with van der Waals surface area (Å²) in [6, 6.07) is 3.48. The first kappa shape index (κ1) is 34.4. The summed E-state index contributed by atoms with van der Waals surface area (Å²) in [7, 11) is -4.19. The van der Waals surface area contributed by atoms with E-state index in [-0.39, 0.29) is 29.2 Å². The minimum Gasteiger partial charge on any atom is -0.337 e. The summed E-state index contributed by atoms with van der Waals surface area (Å²) in [5.41, 5.74) is 0.0598. The number of hydrogen-bond donors (Lipinski definition) is 1. The molecular formula is C30H51ClN2O4S. The lowest BCUT2D eigenvalue weighted by Gasteiger charge is -2.22. The second-order valence-electron chi connectivity index (χ2n) is 10.2. The normalized spacial score (nSPS) is 11.5. The summed E-state index contributed by atoms with van der Waals surface area (Å²) >= 11 is 6.11. The first-order chi connectivity index (χ1) is 18.3. The van der Waals surface area contributed by atoms with Gasteiger partial charge >= 0.3 is 6.03 Å². The average Bonchev–Trinajstić information content (AvgIpc) is 2.89. The highest BCUT2D eigenvalue weighted by Crippen LogP contribution is 2.26. The summed E-state index contributed by atoms with van der Waals surface area (Å²) in [5, 5.41) is 2.89. The molecule has 0 radical (unpaired) electrons. The van der Waals surface area contributed by atoms with E-state index < -0.39 is 16.1 Å². The number of nitrogens with one attached hydrogen (secondary N) is 1. The van der Waals surface area contributed by atoms with Crippen molar-refractivity contribution in [1.82, 2.24) is 9.62 Å². The zero-order valence-electron chi connectivity index (χ0n) is 24.0. The van der Waals surface area contributed by atoms with E-state index in [4.69, 9.17) is 11.6 Å². The molecule has 0 aliphatic rings. The molecule has 0 saturated heterocycles. The number of amides is 2. The minimum absolute atomic E-state index is 0.0345. The van der Waals surface area contributed by atoms with Gasteiger partial charge in [0.15, 0.2) is 5.78 Å². The smallest absolute Gasteiger partial charge is 0.331 e. The van der Waals surface area contributed by atoms with Crippen LogP contribution < -0.4 is 5.32 Å². The lowest BCUT2D eigenvalue weighted by molar-refractivity contribution is 0.0975. The highest BCUT2D eigenvalue weighted by atomic mass is 35.5. The fourth-order valence-corrected chi connectivity index (χ4v) is 6.32. The van der Waals surface area contributed by atoms with Gasteiger partial charge in [-0.3, -0.25) is 4.79 Å². The maximum Gasteiger partial charge on any atom is 0.331 e. The van der Waals surface area contributed by atoms with Crippen molar-refractivity contribution in [2.75, 3.05) is 13.1 Å². The van der Waals surface area contributed by atoms with Crippen molar-refractivity contribution in [3.63, 3.8) is 0 Å². The summed E-state index contributed by atoms with van der Waals surface area (Å²) in [6.07, 6.45) is 19.5. The third kappa shape index (κ3) is 13.0. The number of rotatable bonds is 22. The van der Waals surface area contributed by atoms with E-state index in [1.54, 1.807) is 6.92 Å². The Morgan fingerprint density at radius 3 is 1.74 bits per heavy atom. The topological polar surface area (TPSA) is 83.6 Å². The summed E-state index contributed by atoms with van der Waals surface area (Å²) in [6.45, 7) is 6.07. The largest absolute Gasteiger partial charge is 0.337 e. The second kappa shape index (κ2) is 20.3. The molecule has 0 saturated carbocycles. The number of hydrogen-bond acceptors (Lipinski definition) is 4. The van der Waals surface area contributed by atoms with E-state index in [1.807, 2.05) is 6.92 Å². The van der Waals surface area contributed by atoms with Crippen LogP contribution >= 0.6 is 11.6 Å². The molecule has 1 aromatic rings. The highest BCUT2D eigenvalue weighted by molar-refractivity contribution is 7.89. The minimum atomic E-state index is -4.19. The number of benzene rings is 1. The maximum atomic E-state index is 13.3. The number of Topliss-reactive ketones (excluding diaryl/α,β-unsaturated/α-hetero) is 1. The molecule has 0 spiro atoms. The standard InChI is InChI=1S/C30H51ClN2O4S/c1-4-7-8-9-10-11-12-13-14-15-16-17-18-19-20-21-28(34)27-25-26(31)22-23-29(27)38(36,37)33(6-3)30(35)32-24-5-2/h22-23,25H,4-21,24H2,1-3H3,(H,32,35). The summed E-state index contributed by atoms with van der Waals surface area (Å²) in [4.78, 5) is 25.3. The van der Waals surface area contributed by atoms with Gasteiger partial charge in [0.25, 0.3) is 10.0 Å². The number of sulfonamides is 1. The molecule has 1 rings (SSSR count). The average molecular weight is 571 g/mol. The third-order valence-electron chi connectivity index (χ3n) is 6.86. The molecule has 0 aliphatic carbocycles. The van der Waals surface area contributed by atoms with Gasteiger partial charge in [-0.1, -0.05) is 115 Å². The Labute approximate surface area is 237 Å². The molecule has 0 fully saturated rings. The Hall–Kier alpha value is -1.60. The SMILES string of the molecule is CCCCCCCCCCCCCCCCCC(=O)c1cc(Cl)ccc1S(=O)(=O)N(CC)C(=O)NCCC. The van der Waals surface area contributed by atoms with Crippen molar-refractivity contribution < 1.29 is 18.0 Å². The molecule has 38 heavy (non-hydrogen) atoms. The molecule has 0 aliphatic heterocycles. The van der Waals surface area contributed by atoms with E-state index in [0.29, 0.717) is 24.4 Å². The van der Waals surface area contributed by atoms with Gasteiger partial charge < -0.3 is 5.32 Å². The molecule has 8 heteroatoms. The van der Waals surface area contributed by atoms with Crippen LogP contribution in [0.25, 0.3) is 0 Å². The van der Waals surface area contributed by atoms with E-state index in [2.05, 4.69) is 12.2 Å². The lowest BCUT2D eigenvalue weighted by atomic mass is 10.0. The molecule has 2 amide bonds. The Morgan fingerprint density at radius 1 is 0.763 bits per heavy atom. The van der Waals surface area contributed by atoms with Crippen LogP contribution in [0.3, 0.4) is 0 Å². The number of urea groups is 1. The number of nitrogens with zero attached hydrogens (tertiary/aromatic N) is 1. The van der Waals surface area contributed by atoms with Gasteiger partial charge in [-0.25, -0.2) is 17.5 Å². The molecule has 0 aromatic heterocycles. The summed E-state index contributed by atoms with van der Waals surface area (Å²) < 4.78 is 27.3. The summed E-state index contributed by atoms with van der Waals surface area (Å²) in [5.74, 6) is -0.259. The van der Waals surface area contributed by atoms with Gasteiger partial charge in [-0.2, -0.15) is 0 Å². The van der Waals surface area contributed by atoms with Crippen LogP contribution in [-0.2, 0) is 10.0 Å². The molecule has 218 valence electrons. The Morgan fingerprint density at radius 2 is 1.26 bits per heavy atom. The zero-order chi connectivity index (χ0) is 28.2. The van der Waals surface area contributed by atoms with Crippen molar-refractivity contribution in [2.24, 2.45) is 0 Å². The van der Waals surface area contributed by atoms with Crippen LogP contribution in [0.1, 0.15) is 140 Å². The lowest BCUT2D eigenvalue weighted by Crippen LogP contribution is -2.44. The van der Waals surface area contributed by atoms with Crippen molar-refractivity contribution in [2.45, 2.75) is 135 Å². The highest BCUT2D eigenvalue weighted by Gasteiger charge is 2.31. The van der Waals surface area contributed by atoms with Crippen molar-refractivity contribution in [1.29, 1.82) is 0 Å². The van der Waals surface area contributed by atoms with E-state index >= 15 is 0 Å².